The molecular weight excluding hydrogens is 257 g/mol. The first kappa shape index (κ1) is 14.3. The van der Waals surface area contributed by atoms with Gasteiger partial charge >= 0.3 is 6.18 Å². The molecule has 106 valence electrons. The largest absolute Gasteiger partial charge is 0.416 e. The summed E-state index contributed by atoms with van der Waals surface area (Å²) < 4.78 is 43.7. The van der Waals surface area contributed by atoms with E-state index < -0.39 is 23.4 Å². The molecule has 3 N–H and O–H groups in total. The van der Waals surface area contributed by atoms with Crippen LogP contribution in [0, 0.1) is 0 Å². The van der Waals surface area contributed by atoms with E-state index in [0.29, 0.717) is 5.56 Å². The molecule has 0 bridgehead atoms. The highest BCUT2D eigenvalue weighted by molar-refractivity contribution is 5.30. The van der Waals surface area contributed by atoms with Crippen LogP contribution in [0.2, 0.25) is 0 Å². The Hall–Kier alpha value is -1.11. The summed E-state index contributed by atoms with van der Waals surface area (Å²) in [7, 11) is 1.57. The molecule has 6 heteroatoms. The number of nitrogens with two attached hydrogens (primary N) is 1. The van der Waals surface area contributed by atoms with Crippen molar-refractivity contribution < 1.29 is 17.9 Å². The molecule has 19 heavy (non-hydrogen) atoms. The van der Waals surface area contributed by atoms with E-state index in [1.165, 1.54) is 6.07 Å². The molecule has 1 aromatic rings. The molecule has 1 fully saturated rings. The van der Waals surface area contributed by atoms with Crippen molar-refractivity contribution in [2.45, 2.75) is 37.1 Å². The van der Waals surface area contributed by atoms with Crippen LogP contribution in [-0.2, 0) is 10.9 Å². The van der Waals surface area contributed by atoms with Crippen LogP contribution in [0.3, 0.4) is 0 Å². The van der Waals surface area contributed by atoms with Gasteiger partial charge in [-0.3, -0.25) is 11.3 Å². The monoisotopic (exact) mass is 274 g/mol. The van der Waals surface area contributed by atoms with E-state index in [0.717, 1.165) is 31.4 Å². The number of benzene rings is 1. The smallest absolute Gasteiger partial charge is 0.376 e. The third-order valence-corrected chi connectivity index (χ3v) is 3.85. The molecule has 3 nitrogen and oxygen atoms in total. The summed E-state index contributed by atoms with van der Waals surface area (Å²) in [4.78, 5) is 0. The van der Waals surface area contributed by atoms with Gasteiger partial charge in [0.2, 0.25) is 0 Å². The number of nitrogens with one attached hydrogen (secondary N) is 1. The van der Waals surface area contributed by atoms with E-state index in [1.807, 2.05) is 0 Å². The number of rotatable bonds is 4. The maximum Gasteiger partial charge on any atom is 0.416 e. The fourth-order valence-corrected chi connectivity index (χ4v) is 2.58. The second kappa shape index (κ2) is 5.11. The Labute approximate surface area is 109 Å². The van der Waals surface area contributed by atoms with Crippen molar-refractivity contribution >= 4 is 0 Å². The lowest BCUT2D eigenvalue weighted by atomic mass is 9.72. The van der Waals surface area contributed by atoms with Crippen LogP contribution in [0.15, 0.2) is 24.3 Å². The second-order valence-corrected chi connectivity index (χ2v) is 4.85. The third kappa shape index (κ3) is 2.61. The molecule has 1 aliphatic carbocycles. The molecule has 1 atom stereocenters. The molecule has 0 amide bonds. The highest BCUT2D eigenvalue weighted by Crippen LogP contribution is 2.45. The van der Waals surface area contributed by atoms with Crippen LogP contribution < -0.4 is 11.3 Å². The second-order valence-electron chi connectivity index (χ2n) is 4.85. The Morgan fingerprint density at radius 2 is 2.05 bits per heavy atom. The molecule has 0 aromatic heterocycles. The van der Waals surface area contributed by atoms with Crippen molar-refractivity contribution in [3.8, 4) is 0 Å². The van der Waals surface area contributed by atoms with Crippen molar-refractivity contribution in [1.29, 1.82) is 0 Å². The van der Waals surface area contributed by atoms with Gasteiger partial charge in [-0.25, -0.2) is 0 Å². The summed E-state index contributed by atoms with van der Waals surface area (Å²) >= 11 is 0. The van der Waals surface area contributed by atoms with Crippen LogP contribution in [-0.4, -0.2) is 12.7 Å². The van der Waals surface area contributed by atoms with Crippen LogP contribution in [0.5, 0.6) is 0 Å². The minimum Gasteiger partial charge on any atom is -0.376 e. The van der Waals surface area contributed by atoms with Gasteiger partial charge in [-0.1, -0.05) is 12.1 Å². The zero-order valence-corrected chi connectivity index (χ0v) is 10.6. The Morgan fingerprint density at radius 3 is 2.47 bits per heavy atom. The SMILES string of the molecule is COC1(C(NN)c2cccc(C(F)(F)F)c2)CCC1. The Bertz CT molecular complexity index is 438. The van der Waals surface area contributed by atoms with E-state index in [4.69, 9.17) is 10.6 Å². The molecule has 0 saturated heterocycles. The maximum atomic E-state index is 12.7. The number of halogens is 3. The summed E-state index contributed by atoms with van der Waals surface area (Å²) in [5.74, 6) is 5.52. The van der Waals surface area contributed by atoms with E-state index in [1.54, 1.807) is 13.2 Å². The van der Waals surface area contributed by atoms with Gasteiger partial charge in [-0.15, -0.1) is 0 Å². The Balaban J connectivity index is 2.34. The molecule has 2 rings (SSSR count). The first-order valence-electron chi connectivity index (χ1n) is 6.11. The van der Waals surface area contributed by atoms with Crippen LogP contribution in [0.25, 0.3) is 0 Å². The Kier molecular flexibility index (Phi) is 3.85. The standard InChI is InChI=1S/C13H17F3N2O/c1-19-12(6-3-7-12)11(18-17)9-4-2-5-10(8-9)13(14,15)16/h2,4-5,8,11,18H,3,6-7,17H2,1H3. The topological polar surface area (TPSA) is 47.3 Å². The van der Waals surface area contributed by atoms with Gasteiger partial charge in [-0.2, -0.15) is 13.2 Å². The number of alkyl halides is 3. The molecule has 0 radical (unpaired) electrons. The quantitative estimate of drug-likeness (QED) is 0.655. The van der Waals surface area contributed by atoms with Gasteiger partial charge in [-0.05, 0) is 37.0 Å². The average molecular weight is 274 g/mol. The highest BCUT2D eigenvalue weighted by atomic mass is 19.4. The third-order valence-electron chi connectivity index (χ3n) is 3.85. The van der Waals surface area contributed by atoms with Crippen LogP contribution in [0.1, 0.15) is 36.4 Å². The lowest BCUT2D eigenvalue weighted by Crippen LogP contribution is -2.52. The number of hydrazine groups is 1. The minimum atomic E-state index is -4.35. The normalized spacial score (nSPS) is 19.8. The molecule has 0 spiro atoms. The van der Waals surface area contributed by atoms with Crippen molar-refractivity contribution in [2.24, 2.45) is 5.84 Å². The number of ether oxygens (including phenoxy) is 1. The average Bonchev–Trinajstić information content (AvgIpc) is 2.32. The number of methoxy groups -OCH3 is 1. The predicted molar refractivity (Wildman–Crippen MR) is 65.1 cm³/mol. The van der Waals surface area contributed by atoms with Gasteiger partial charge in [0.15, 0.2) is 0 Å². The lowest BCUT2D eigenvalue weighted by molar-refractivity contribution is -0.137. The van der Waals surface area contributed by atoms with Gasteiger partial charge in [0.05, 0.1) is 17.2 Å². The summed E-state index contributed by atoms with van der Waals surface area (Å²) in [5.41, 5.74) is 1.93. The molecule has 1 saturated carbocycles. The van der Waals surface area contributed by atoms with Gasteiger partial charge in [0, 0.05) is 7.11 Å². The highest BCUT2D eigenvalue weighted by Gasteiger charge is 2.45. The summed E-state index contributed by atoms with van der Waals surface area (Å²) in [6, 6.07) is 4.78. The molecule has 0 aliphatic heterocycles. The van der Waals surface area contributed by atoms with Gasteiger partial charge < -0.3 is 4.74 Å². The van der Waals surface area contributed by atoms with Crippen molar-refractivity contribution in [3.63, 3.8) is 0 Å². The number of hydrogen-bond acceptors (Lipinski definition) is 3. The van der Waals surface area contributed by atoms with Gasteiger partial charge in [0.1, 0.15) is 0 Å². The molecule has 0 heterocycles. The van der Waals surface area contributed by atoms with E-state index in [2.05, 4.69) is 5.43 Å². The van der Waals surface area contributed by atoms with E-state index >= 15 is 0 Å². The van der Waals surface area contributed by atoms with Crippen LogP contribution in [0.4, 0.5) is 13.2 Å². The summed E-state index contributed by atoms with van der Waals surface area (Å²) in [6.07, 6.45) is -1.79. The first-order chi connectivity index (χ1) is 8.93. The summed E-state index contributed by atoms with van der Waals surface area (Å²) in [5, 5.41) is 0. The zero-order chi connectivity index (χ0) is 14.1. The molecule has 1 aliphatic rings. The van der Waals surface area contributed by atoms with Crippen LogP contribution >= 0.6 is 0 Å². The van der Waals surface area contributed by atoms with E-state index in [-0.39, 0.29) is 0 Å². The number of hydrogen-bond donors (Lipinski definition) is 2. The maximum absolute atomic E-state index is 12.7. The Morgan fingerprint density at radius 1 is 1.37 bits per heavy atom. The van der Waals surface area contributed by atoms with Crippen molar-refractivity contribution in [2.75, 3.05) is 7.11 Å². The molecule has 1 aromatic carbocycles. The summed E-state index contributed by atoms with van der Waals surface area (Å²) in [6.45, 7) is 0. The fourth-order valence-electron chi connectivity index (χ4n) is 2.58. The minimum absolute atomic E-state index is 0.437. The zero-order valence-electron chi connectivity index (χ0n) is 10.6. The van der Waals surface area contributed by atoms with Crippen molar-refractivity contribution in [1.82, 2.24) is 5.43 Å². The van der Waals surface area contributed by atoms with E-state index in [9.17, 15) is 13.2 Å². The lowest BCUT2D eigenvalue weighted by Gasteiger charge is -2.46. The van der Waals surface area contributed by atoms with Gasteiger partial charge in [0.25, 0.3) is 0 Å². The van der Waals surface area contributed by atoms with Crippen molar-refractivity contribution in [3.05, 3.63) is 35.4 Å². The molecular formula is C13H17F3N2O. The fraction of sp³-hybridized carbons (Fsp3) is 0.538. The first-order valence-corrected chi connectivity index (χ1v) is 6.11. The predicted octanol–water partition coefficient (Wildman–Crippen LogP) is 2.78. The molecule has 1 unspecified atom stereocenters.